The minimum Gasteiger partial charge on any atom is -0.374 e. The largest absolute Gasteiger partial charge is 0.374 e. The first-order valence-electron chi connectivity index (χ1n) is 21.5. The van der Waals surface area contributed by atoms with Gasteiger partial charge in [0, 0.05) is 46.0 Å². The van der Waals surface area contributed by atoms with Gasteiger partial charge < -0.3 is 28.4 Å². The van der Waals surface area contributed by atoms with Gasteiger partial charge in [-0.3, -0.25) is 9.59 Å². The molecule has 4 heterocycles. The molecule has 0 N–H and O–H groups in total. The number of aromatic nitrogens is 2. The predicted octanol–water partition coefficient (Wildman–Crippen LogP) is 11.3. The number of ether oxygens (including phenoxy) is 2. The Kier molecular flexibility index (Phi) is 9.54. The summed E-state index contributed by atoms with van der Waals surface area (Å²) in [5, 5.41) is 4.24. The molecule has 0 saturated carbocycles. The summed E-state index contributed by atoms with van der Waals surface area (Å²) in [4.78, 5) is 34.2. The molecular weight excluding hydrogens is 769 g/mol. The lowest BCUT2D eigenvalue weighted by Gasteiger charge is -2.28. The van der Waals surface area contributed by atoms with Crippen LogP contribution in [-0.2, 0) is 19.1 Å². The van der Waals surface area contributed by atoms with Crippen LogP contribution in [0.5, 0.6) is 0 Å². The fraction of sp³-hybridized carbons (Fsp3) is 0.222. The highest BCUT2D eigenvalue weighted by molar-refractivity contribution is 6.31. The molecule has 2 amide bonds. The zero-order chi connectivity index (χ0) is 42.9. The van der Waals surface area contributed by atoms with E-state index >= 15 is 9.59 Å². The van der Waals surface area contributed by atoms with Crippen molar-refractivity contribution in [2.24, 2.45) is 0 Å². The molecule has 0 bridgehead atoms. The van der Waals surface area contributed by atoms with E-state index < -0.39 is 11.2 Å². The quantitative estimate of drug-likeness (QED) is 0.138. The predicted molar refractivity (Wildman–Crippen MR) is 250 cm³/mol. The average Bonchev–Trinajstić information content (AvgIpc) is 3.95. The van der Waals surface area contributed by atoms with Crippen LogP contribution in [0.3, 0.4) is 0 Å². The number of hydrogen-bond acceptors (Lipinski definition) is 4. The van der Waals surface area contributed by atoms with Gasteiger partial charge in [0.25, 0.3) is 11.8 Å². The van der Waals surface area contributed by atoms with Crippen molar-refractivity contribution in [3.05, 3.63) is 168 Å². The van der Waals surface area contributed by atoms with Crippen LogP contribution in [0.4, 0.5) is 0 Å². The van der Waals surface area contributed by atoms with E-state index in [2.05, 4.69) is 118 Å². The summed E-state index contributed by atoms with van der Waals surface area (Å²) in [6.07, 6.45) is 0. The SMILES string of the molecule is CC(C)(C)OCCN1C(=O)C2=C(c3ccc4c(c3)c3ccccc3n4-c3ccccc3)N(CCOC(C)(C)C)C(=O)C2=C1c1ccc2c(c1)c1ccccc1n2-c1ccccc1. The zero-order valence-corrected chi connectivity index (χ0v) is 36.1. The lowest BCUT2D eigenvalue weighted by atomic mass is 10.00. The van der Waals surface area contributed by atoms with Crippen molar-refractivity contribution < 1.29 is 19.1 Å². The molecule has 8 nitrogen and oxygen atoms in total. The summed E-state index contributed by atoms with van der Waals surface area (Å²) in [5.41, 5.74) is 9.14. The lowest BCUT2D eigenvalue weighted by molar-refractivity contribution is -0.125. The molecule has 2 aromatic heterocycles. The maximum atomic E-state index is 15.3. The van der Waals surface area contributed by atoms with Crippen LogP contribution in [-0.4, -0.2) is 68.3 Å². The lowest BCUT2D eigenvalue weighted by Crippen LogP contribution is -2.35. The second kappa shape index (κ2) is 15.0. The van der Waals surface area contributed by atoms with E-state index in [0.717, 1.165) is 66.1 Å². The van der Waals surface area contributed by atoms with E-state index in [1.54, 1.807) is 9.80 Å². The molecule has 0 saturated heterocycles. The van der Waals surface area contributed by atoms with E-state index in [1.807, 2.05) is 77.9 Å². The highest BCUT2D eigenvalue weighted by Gasteiger charge is 2.49. The van der Waals surface area contributed by atoms with Gasteiger partial charge in [0.1, 0.15) is 0 Å². The number of carbonyl (C=O) groups excluding carboxylic acids is 2. The molecule has 10 rings (SSSR count). The minimum absolute atomic E-state index is 0.214. The number of hydrogen-bond donors (Lipinski definition) is 0. The van der Waals surface area contributed by atoms with Crippen molar-refractivity contribution in [1.29, 1.82) is 0 Å². The topological polar surface area (TPSA) is 68.9 Å². The number of benzene rings is 6. The van der Waals surface area contributed by atoms with Crippen LogP contribution in [0.15, 0.2) is 157 Å². The first-order chi connectivity index (χ1) is 29.9. The summed E-state index contributed by atoms with van der Waals surface area (Å²) in [6.45, 7) is 13.2. The van der Waals surface area contributed by atoms with E-state index in [-0.39, 0.29) is 24.9 Å². The Morgan fingerprint density at radius 2 is 0.774 bits per heavy atom. The molecule has 0 spiro atoms. The summed E-state index contributed by atoms with van der Waals surface area (Å²) >= 11 is 0. The van der Waals surface area contributed by atoms with Gasteiger partial charge in [-0.05, 0) is 113 Å². The second-order valence-electron chi connectivity index (χ2n) is 18.1. The van der Waals surface area contributed by atoms with E-state index in [0.29, 0.717) is 35.8 Å². The van der Waals surface area contributed by atoms with Crippen LogP contribution in [0.2, 0.25) is 0 Å². The van der Waals surface area contributed by atoms with Gasteiger partial charge in [-0.1, -0.05) is 84.9 Å². The smallest absolute Gasteiger partial charge is 0.261 e. The van der Waals surface area contributed by atoms with Gasteiger partial charge in [-0.25, -0.2) is 0 Å². The average molecular weight is 819 g/mol. The summed E-state index contributed by atoms with van der Waals surface area (Å²) in [5.74, 6) is -0.428. The molecule has 0 fully saturated rings. The normalized spacial score (nSPS) is 14.9. The molecule has 2 aliphatic rings. The first-order valence-corrected chi connectivity index (χ1v) is 21.5. The monoisotopic (exact) mass is 818 g/mol. The van der Waals surface area contributed by atoms with E-state index in [1.165, 1.54) is 0 Å². The van der Waals surface area contributed by atoms with Gasteiger partial charge in [0.2, 0.25) is 0 Å². The van der Waals surface area contributed by atoms with Crippen LogP contribution in [0.1, 0.15) is 52.7 Å². The first kappa shape index (κ1) is 39.4. The van der Waals surface area contributed by atoms with Crippen molar-refractivity contribution in [2.75, 3.05) is 26.3 Å². The number of rotatable bonds is 10. The molecule has 2 aliphatic heterocycles. The molecule has 8 heteroatoms. The van der Waals surface area contributed by atoms with Crippen molar-refractivity contribution in [3.63, 3.8) is 0 Å². The molecule has 0 aliphatic carbocycles. The Morgan fingerprint density at radius 1 is 0.419 bits per heavy atom. The standard InChI is InChI=1S/C54H50N4O4/c1-53(2,3)61-31-29-55-49(35-25-27-45-41(33-35)39-21-13-15-23-43(39)57(45)37-17-9-7-10-18-37)47-48(51(55)59)50(56(52(47)60)30-32-62-54(4,5)6)36-26-28-46-42(34-36)40-22-14-16-24-44(40)58(46)38-19-11-8-12-20-38/h7-28,33-34H,29-32H2,1-6H3. The molecule has 8 aromatic rings. The highest BCUT2D eigenvalue weighted by Crippen LogP contribution is 2.48. The number of fused-ring (bicyclic) bond motifs is 7. The third kappa shape index (κ3) is 6.71. The van der Waals surface area contributed by atoms with Crippen LogP contribution < -0.4 is 0 Å². The molecular formula is C54H50N4O4. The summed E-state index contributed by atoms with van der Waals surface area (Å²) in [7, 11) is 0. The Balaban J connectivity index is 1.20. The molecule has 6 aromatic carbocycles. The Hall–Kier alpha value is -6.74. The van der Waals surface area contributed by atoms with Crippen molar-refractivity contribution in [2.45, 2.75) is 52.7 Å². The highest BCUT2D eigenvalue weighted by atomic mass is 16.5. The molecule has 0 unspecified atom stereocenters. The van der Waals surface area contributed by atoms with Crippen molar-refractivity contribution in [1.82, 2.24) is 18.9 Å². The van der Waals surface area contributed by atoms with E-state index in [4.69, 9.17) is 9.47 Å². The summed E-state index contributed by atoms with van der Waals surface area (Å²) in [6, 6.07) is 50.1. The maximum Gasteiger partial charge on any atom is 0.261 e. The second-order valence-corrected chi connectivity index (χ2v) is 18.1. The van der Waals surface area contributed by atoms with Crippen molar-refractivity contribution in [3.8, 4) is 11.4 Å². The van der Waals surface area contributed by atoms with Crippen LogP contribution in [0, 0.1) is 0 Å². The van der Waals surface area contributed by atoms with Crippen LogP contribution >= 0.6 is 0 Å². The van der Waals surface area contributed by atoms with Gasteiger partial charge >= 0.3 is 0 Å². The summed E-state index contributed by atoms with van der Waals surface area (Å²) < 4.78 is 17.0. The Bertz CT molecular complexity index is 2930. The zero-order valence-electron chi connectivity index (χ0n) is 36.1. The fourth-order valence-corrected chi connectivity index (χ4v) is 9.26. The third-order valence-corrected chi connectivity index (χ3v) is 11.8. The molecule has 0 atom stereocenters. The number of carbonyl (C=O) groups is 2. The van der Waals surface area contributed by atoms with Gasteiger partial charge in [0.15, 0.2) is 0 Å². The van der Waals surface area contributed by atoms with Gasteiger partial charge in [0.05, 0.1) is 69.0 Å². The molecule has 0 radical (unpaired) electrons. The van der Waals surface area contributed by atoms with E-state index in [9.17, 15) is 0 Å². The van der Waals surface area contributed by atoms with Gasteiger partial charge in [-0.2, -0.15) is 0 Å². The number of para-hydroxylation sites is 4. The maximum absolute atomic E-state index is 15.3. The number of nitrogens with zero attached hydrogens (tertiary/aromatic N) is 4. The fourth-order valence-electron chi connectivity index (χ4n) is 9.26. The minimum atomic E-state index is -0.414. The van der Waals surface area contributed by atoms with Crippen molar-refractivity contribution >= 4 is 66.8 Å². The number of amides is 2. The molecule has 310 valence electrons. The van der Waals surface area contributed by atoms with Crippen LogP contribution in [0.25, 0.3) is 66.4 Å². The van der Waals surface area contributed by atoms with Gasteiger partial charge in [-0.15, -0.1) is 0 Å². The third-order valence-electron chi connectivity index (χ3n) is 11.8. The molecule has 62 heavy (non-hydrogen) atoms. The Morgan fingerprint density at radius 3 is 1.16 bits per heavy atom. The Labute approximate surface area is 361 Å².